The molecule has 13 heteroatoms. The molecule has 3 rings (SSSR count). The highest BCUT2D eigenvalue weighted by molar-refractivity contribution is 5.96. The maximum atomic E-state index is 14.0. The van der Waals surface area contributed by atoms with Gasteiger partial charge >= 0.3 is 12.4 Å². The van der Waals surface area contributed by atoms with Gasteiger partial charge in [-0.1, -0.05) is 26.0 Å². The third kappa shape index (κ3) is 5.88. The topological polar surface area (TPSA) is 92.4 Å². The van der Waals surface area contributed by atoms with Gasteiger partial charge < -0.3 is 15.5 Å². The van der Waals surface area contributed by atoms with Gasteiger partial charge in [-0.3, -0.25) is 9.59 Å². The quantitative estimate of drug-likeness (QED) is 0.581. The van der Waals surface area contributed by atoms with E-state index in [0.29, 0.717) is 6.42 Å². The average Bonchev–Trinajstić information content (AvgIpc) is 2.80. The molecule has 0 radical (unpaired) electrons. The summed E-state index contributed by atoms with van der Waals surface area (Å²) in [5.41, 5.74) is 1.15. The second kappa shape index (κ2) is 10.3. The van der Waals surface area contributed by atoms with Gasteiger partial charge in [-0.15, -0.1) is 10.2 Å². The standard InChI is InChI=1S/C23H25F6N5O2/c1-13(2)7-8-15-17(23(27,28)29)18(19(30)35)31-32-20(15)33-9-11-34(12-10-33)21(36)14-5-3-4-6-16(14)22(24,25)26/h3-6,13H,7-12H2,1-2H3,(H2,30,35). The molecule has 7 nitrogen and oxygen atoms in total. The Labute approximate surface area is 203 Å². The summed E-state index contributed by atoms with van der Waals surface area (Å²) in [6, 6.07) is 4.42. The molecule has 1 saturated heterocycles. The van der Waals surface area contributed by atoms with Gasteiger partial charge in [-0.2, -0.15) is 26.3 Å². The Balaban J connectivity index is 1.91. The van der Waals surface area contributed by atoms with Crippen molar-refractivity contribution in [3.8, 4) is 0 Å². The molecule has 1 aliphatic heterocycles. The highest BCUT2D eigenvalue weighted by Crippen LogP contribution is 2.38. The molecule has 2 amide bonds. The van der Waals surface area contributed by atoms with Crippen molar-refractivity contribution in [2.75, 3.05) is 31.1 Å². The fraction of sp³-hybridized carbons (Fsp3) is 0.478. The number of alkyl halides is 6. The Morgan fingerprint density at radius 2 is 1.58 bits per heavy atom. The Morgan fingerprint density at radius 1 is 0.972 bits per heavy atom. The maximum absolute atomic E-state index is 14.0. The van der Waals surface area contributed by atoms with Crippen molar-refractivity contribution in [1.82, 2.24) is 15.1 Å². The van der Waals surface area contributed by atoms with Gasteiger partial charge in [0.25, 0.3) is 11.8 Å². The number of piperazine rings is 1. The van der Waals surface area contributed by atoms with E-state index in [-0.39, 0.29) is 49.9 Å². The largest absolute Gasteiger partial charge is 0.419 e. The molecule has 1 aromatic heterocycles. The van der Waals surface area contributed by atoms with Crippen LogP contribution in [0.25, 0.3) is 0 Å². The van der Waals surface area contributed by atoms with Crippen molar-refractivity contribution in [2.45, 2.75) is 39.0 Å². The van der Waals surface area contributed by atoms with Gasteiger partial charge in [0.05, 0.1) is 16.7 Å². The monoisotopic (exact) mass is 517 g/mol. The SMILES string of the molecule is CC(C)CCc1c(N2CCN(C(=O)c3ccccc3C(F)(F)F)CC2)nnc(C(N)=O)c1C(F)(F)F. The first-order valence-corrected chi connectivity index (χ1v) is 11.2. The summed E-state index contributed by atoms with van der Waals surface area (Å²) >= 11 is 0. The smallest absolute Gasteiger partial charge is 0.364 e. The van der Waals surface area contributed by atoms with Crippen molar-refractivity contribution in [3.63, 3.8) is 0 Å². The molecule has 2 N–H and O–H groups in total. The van der Waals surface area contributed by atoms with Gasteiger partial charge in [0.2, 0.25) is 0 Å². The number of rotatable bonds is 6. The number of benzene rings is 1. The number of primary amides is 1. The molecule has 2 aromatic rings. The third-order valence-electron chi connectivity index (χ3n) is 5.87. The number of amides is 2. The molecule has 2 heterocycles. The van der Waals surface area contributed by atoms with Crippen LogP contribution in [0, 0.1) is 5.92 Å². The number of nitrogens with zero attached hydrogens (tertiary/aromatic N) is 4. The number of anilines is 1. The van der Waals surface area contributed by atoms with E-state index in [1.807, 2.05) is 13.8 Å². The number of carbonyl (C=O) groups excluding carboxylic acids is 2. The van der Waals surface area contributed by atoms with Gasteiger partial charge in [-0.25, -0.2) is 0 Å². The van der Waals surface area contributed by atoms with Crippen LogP contribution >= 0.6 is 0 Å². The van der Waals surface area contributed by atoms with E-state index < -0.39 is 46.6 Å². The van der Waals surface area contributed by atoms with Crippen LogP contribution in [0.1, 0.15) is 57.8 Å². The Hall–Kier alpha value is -3.38. The zero-order chi connectivity index (χ0) is 26.8. The normalized spacial score (nSPS) is 14.9. The van der Waals surface area contributed by atoms with E-state index in [9.17, 15) is 35.9 Å². The van der Waals surface area contributed by atoms with E-state index >= 15 is 0 Å². The predicted octanol–water partition coefficient (Wildman–Crippen LogP) is 4.16. The van der Waals surface area contributed by atoms with Crippen molar-refractivity contribution in [3.05, 3.63) is 52.2 Å². The number of aromatic nitrogens is 2. The van der Waals surface area contributed by atoms with Crippen LogP contribution in [0.2, 0.25) is 0 Å². The third-order valence-corrected chi connectivity index (χ3v) is 5.87. The molecular weight excluding hydrogens is 492 g/mol. The number of halogens is 6. The van der Waals surface area contributed by atoms with Crippen molar-refractivity contribution in [1.29, 1.82) is 0 Å². The summed E-state index contributed by atoms with van der Waals surface area (Å²) in [5.74, 6) is -2.22. The molecule has 196 valence electrons. The lowest BCUT2D eigenvalue weighted by Crippen LogP contribution is -2.49. The van der Waals surface area contributed by atoms with Crippen LogP contribution in [-0.4, -0.2) is 53.1 Å². The molecule has 0 spiro atoms. The number of nitrogens with two attached hydrogens (primary N) is 1. The maximum Gasteiger partial charge on any atom is 0.419 e. The Kier molecular flexibility index (Phi) is 7.79. The minimum Gasteiger partial charge on any atom is -0.364 e. The lowest BCUT2D eigenvalue weighted by molar-refractivity contribution is -0.139. The van der Waals surface area contributed by atoms with Crippen molar-refractivity contribution >= 4 is 17.6 Å². The van der Waals surface area contributed by atoms with Crippen molar-refractivity contribution < 1.29 is 35.9 Å². The van der Waals surface area contributed by atoms with Crippen LogP contribution in [0.3, 0.4) is 0 Å². The minimum absolute atomic E-state index is 0.0104. The van der Waals surface area contributed by atoms with E-state index in [2.05, 4.69) is 10.2 Å². The summed E-state index contributed by atoms with van der Waals surface area (Å²) in [6.07, 6.45) is -9.31. The number of hydrogen-bond donors (Lipinski definition) is 1. The minimum atomic E-state index is -4.92. The Bertz CT molecular complexity index is 1120. The summed E-state index contributed by atoms with van der Waals surface area (Å²) in [7, 11) is 0. The van der Waals surface area contributed by atoms with Crippen LogP contribution < -0.4 is 10.6 Å². The highest BCUT2D eigenvalue weighted by atomic mass is 19.4. The van der Waals surface area contributed by atoms with Gasteiger partial charge in [0.15, 0.2) is 11.5 Å². The van der Waals surface area contributed by atoms with Crippen molar-refractivity contribution in [2.24, 2.45) is 11.7 Å². The molecule has 1 aliphatic rings. The molecule has 0 unspecified atom stereocenters. The van der Waals surface area contributed by atoms with E-state index in [1.165, 1.54) is 21.9 Å². The second-order valence-corrected chi connectivity index (χ2v) is 8.84. The lowest BCUT2D eigenvalue weighted by atomic mass is 9.97. The fourth-order valence-electron chi connectivity index (χ4n) is 4.07. The molecular formula is C23H25F6N5O2. The van der Waals surface area contributed by atoms with Gasteiger partial charge in [0.1, 0.15) is 0 Å². The molecule has 0 saturated carbocycles. The zero-order valence-electron chi connectivity index (χ0n) is 19.6. The van der Waals surface area contributed by atoms with Gasteiger partial charge in [-0.05, 0) is 30.9 Å². The Morgan fingerprint density at radius 3 is 2.11 bits per heavy atom. The van der Waals surface area contributed by atoms with Crippen LogP contribution in [0.4, 0.5) is 32.2 Å². The molecule has 0 aliphatic carbocycles. The molecule has 36 heavy (non-hydrogen) atoms. The van der Waals surface area contributed by atoms with Crippen LogP contribution in [-0.2, 0) is 18.8 Å². The number of hydrogen-bond acceptors (Lipinski definition) is 5. The van der Waals surface area contributed by atoms with E-state index in [1.54, 1.807) is 0 Å². The summed E-state index contributed by atoms with van der Waals surface area (Å²) in [5, 5.41) is 7.33. The summed E-state index contributed by atoms with van der Waals surface area (Å²) in [4.78, 5) is 27.2. The fourth-order valence-corrected chi connectivity index (χ4v) is 4.07. The summed E-state index contributed by atoms with van der Waals surface area (Å²) < 4.78 is 82.0. The second-order valence-electron chi connectivity index (χ2n) is 8.84. The van der Waals surface area contributed by atoms with Crippen LogP contribution in [0.15, 0.2) is 24.3 Å². The molecule has 1 aromatic carbocycles. The predicted molar refractivity (Wildman–Crippen MR) is 118 cm³/mol. The van der Waals surface area contributed by atoms with E-state index in [0.717, 1.165) is 12.1 Å². The van der Waals surface area contributed by atoms with Crippen LogP contribution in [0.5, 0.6) is 0 Å². The van der Waals surface area contributed by atoms with E-state index in [4.69, 9.17) is 5.73 Å². The first-order chi connectivity index (χ1) is 16.7. The molecule has 0 bridgehead atoms. The molecule has 0 atom stereocenters. The number of carbonyl (C=O) groups is 2. The first kappa shape index (κ1) is 27.2. The average molecular weight is 517 g/mol. The van der Waals surface area contributed by atoms with Gasteiger partial charge in [0, 0.05) is 31.7 Å². The first-order valence-electron chi connectivity index (χ1n) is 11.2. The summed E-state index contributed by atoms with van der Waals surface area (Å²) in [6.45, 7) is 3.59. The lowest BCUT2D eigenvalue weighted by Gasteiger charge is -2.36. The molecule has 1 fully saturated rings. The highest BCUT2D eigenvalue weighted by Gasteiger charge is 2.41. The zero-order valence-corrected chi connectivity index (χ0v) is 19.6.